The molecule has 2 N–H and O–H groups in total. The third-order valence-electron chi connectivity index (χ3n) is 2.73. The lowest BCUT2D eigenvalue weighted by atomic mass is 10.0. The number of thiophene rings is 2. The molecule has 1 atom stereocenters. The van der Waals surface area contributed by atoms with Crippen LogP contribution in [0.25, 0.3) is 0 Å². The predicted octanol–water partition coefficient (Wildman–Crippen LogP) is 2.30. The molecule has 4 nitrogen and oxygen atoms in total. The van der Waals surface area contributed by atoms with Crippen LogP contribution in [0.3, 0.4) is 0 Å². The van der Waals surface area contributed by atoms with Gasteiger partial charge in [0.15, 0.2) is 0 Å². The SMILES string of the molecule is Cc1ccc(S(=O)(=O)NC[C@@](C)(O)c2ccsc2)s1. The van der Waals surface area contributed by atoms with Crippen LogP contribution in [0.4, 0.5) is 0 Å². The van der Waals surface area contributed by atoms with E-state index < -0.39 is 15.6 Å². The van der Waals surface area contributed by atoms with Crippen molar-refractivity contribution in [1.82, 2.24) is 4.72 Å². The summed E-state index contributed by atoms with van der Waals surface area (Å²) >= 11 is 2.68. The van der Waals surface area contributed by atoms with Gasteiger partial charge in [-0.15, -0.1) is 11.3 Å². The molecule has 2 aromatic rings. The Kier molecular flexibility index (Phi) is 4.12. The minimum absolute atomic E-state index is 0.0526. The first-order valence-corrected chi connectivity index (χ1v) is 8.87. The lowest BCUT2D eigenvalue weighted by molar-refractivity contribution is 0.0632. The average Bonchev–Trinajstić information content (AvgIpc) is 2.97. The summed E-state index contributed by atoms with van der Waals surface area (Å²) in [4.78, 5) is 0.935. The van der Waals surface area contributed by atoms with Gasteiger partial charge in [0.2, 0.25) is 10.0 Å². The highest BCUT2D eigenvalue weighted by Crippen LogP contribution is 2.24. The van der Waals surface area contributed by atoms with Gasteiger partial charge in [-0.1, -0.05) is 0 Å². The predicted molar refractivity (Wildman–Crippen MR) is 78.1 cm³/mol. The van der Waals surface area contributed by atoms with Gasteiger partial charge < -0.3 is 5.11 Å². The second-order valence-electron chi connectivity index (χ2n) is 4.48. The molecular weight excluding hydrogens is 302 g/mol. The maximum atomic E-state index is 12.1. The standard InChI is InChI=1S/C12H15NO3S3/c1-9-3-4-11(18-9)19(15,16)13-8-12(2,14)10-5-6-17-7-10/h3-7,13-14H,8H2,1-2H3/t12-/m1/s1. The fourth-order valence-corrected chi connectivity index (χ4v) is 4.78. The number of aryl methyl sites for hydroxylation is 1. The molecule has 19 heavy (non-hydrogen) atoms. The largest absolute Gasteiger partial charge is 0.384 e. The number of nitrogens with one attached hydrogen (secondary N) is 1. The Labute approximate surface area is 120 Å². The summed E-state index contributed by atoms with van der Waals surface area (Å²) in [6.07, 6.45) is 0. The van der Waals surface area contributed by atoms with E-state index in [2.05, 4.69) is 4.72 Å². The molecule has 0 aliphatic heterocycles. The van der Waals surface area contributed by atoms with E-state index in [0.717, 1.165) is 4.88 Å². The quantitative estimate of drug-likeness (QED) is 0.889. The van der Waals surface area contributed by atoms with E-state index in [-0.39, 0.29) is 10.8 Å². The van der Waals surface area contributed by atoms with Gasteiger partial charge in [0, 0.05) is 11.4 Å². The molecular formula is C12H15NO3S3. The Morgan fingerprint density at radius 3 is 2.63 bits per heavy atom. The monoisotopic (exact) mass is 317 g/mol. The van der Waals surface area contributed by atoms with E-state index >= 15 is 0 Å². The highest BCUT2D eigenvalue weighted by Gasteiger charge is 2.27. The van der Waals surface area contributed by atoms with E-state index in [1.807, 2.05) is 17.7 Å². The molecule has 2 heterocycles. The highest BCUT2D eigenvalue weighted by atomic mass is 32.2. The second kappa shape index (κ2) is 5.34. The summed E-state index contributed by atoms with van der Waals surface area (Å²) in [7, 11) is -3.55. The van der Waals surface area contributed by atoms with Crippen molar-refractivity contribution in [3.05, 3.63) is 39.4 Å². The zero-order valence-corrected chi connectivity index (χ0v) is 13.0. The second-order valence-corrected chi connectivity index (χ2v) is 8.54. The Morgan fingerprint density at radius 1 is 1.37 bits per heavy atom. The first-order valence-electron chi connectivity index (χ1n) is 5.62. The topological polar surface area (TPSA) is 66.4 Å². The van der Waals surface area contributed by atoms with Crippen molar-refractivity contribution in [2.45, 2.75) is 23.7 Å². The zero-order valence-electron chi connectivity index (χ0n) is 10.6. The van der Waals surface area contributed by atoms with Gasteiger partial charge in [0.05, 0.1) is 0 Å². The molecule has 0 saturated heterocycles. The third kappa shape index (κ3) is 3.43. The van der Waals surface area contributed by atoms with Gasteiger partial charge in [0.1, 0.15) is 9.81 Å². The van der Waals surface area contributed by atoms with Crippen molar-refractivity contribution < 1.29 is 13.5 Å². The van der Waals surface area contributed by atoms with Crippen molar-refractivity contribution in [2.24, 2.45) is 0 Å². The molecule has 2 rings (SSSR count). The Hall–Kier alpha value is -0.730. The minimum Gasteiger partial charge on any atom is -0.384 e. The lowest BCUT2D eigenvalue weighted by Crippen LogP contribution is -2.38. The van der Waals surface area contributed by atoms with Gasteiger partial charge >= 0.3 is 0 Å². The van der Waals surface area contributed by atoms with E-state index in [4.69, 9.17) is 0 Å². The van der Waals surface area contributed by atoms with Crippen molar-refractivity contribution in [3.63, 3.8) is 0 Å². The van der Waals surface area contributed by atoms with Crippen LogP contribution in [-0.4, -0.2) is 20.1 Å². The third-order valence-corrected chi connectivity index (χ3v) is 6.31. The van der Waals surface area contributed by atoms with Crippen molar-refractivity contribution >= 4 is 32.7 Å². The van der Waals surface area contributed by atoms with Crippen LogP contribution in [0.5, 0.6) is 0 Å². The van der Waals surface area contributed by atoms with E-state index in [9.17, 15) is 13.5 Å². The molecule has 0 amide bonds. The minimum atomic E-state index is -3.55. The maximum Gasteiger partial charge on any atom is 0.250 e. The van der Waals surface area contributed by atoms with E-state index in [1.54, 1.807) is 25.1 Å². The molecule has 104 valence electrons. The normalized spacial score (nSPS) is 15.3. The van der Waals surface area contributed by atoms with Crippen molar-refractivity contribution in [1.29, 1.82) is 0 Å². The highest BCUT2D eigenvalue weighted by molar-refractivity contribution is 7.91. The van der Waals surface area contributed by atoms with Crippen LogP contribution in [-0.2, 0) is 15.6 Å². The van der Waals surface area contributed by atoms with E-state index in [0.29, 0.717) is 5.56 Å². The van der Waals surface area contributed by atoms with Crippen LogP contribution in [0.2, 0.25) is 0 Å². The summed E-state index contributed by atoms with van der Waals surface area (Å²) in [6, 6.07) is 5.12. The number of sulfonamides is 1. The van der Waals surface area contributed by atoms with E-state index in [1.165, 1.54) is 22.7 Å². The van der Waals surface area contributed by atoms with Crippen LogP contribution >= 0.6 is 22.7 Å². The Morgan fingerprint density at radius 2 is 2.11 bits per heavy atom. The summed E-state index contributed by atoms with van der Waals surface area (Å²) in [5.74, 6) is 0. The van der Waals surface area contributed by atoms with Gasteiger partial charge in [-0.2, -0.15) is 11.3 Å². The summed E-state index contributed by atoms with van der Waals surface area (Å²) in [5.41, 5.74) is -0.498. The van der Waals surface area contributed by atoms with Crippen LogP contribution in [0, 0.1) is 6.92 Å². The van der Waals surface area contributed by atoms with Gasteiger partial charge in [-0.05, 0) is 48.4 Å². The number of aliphatic hydroxyl groups is 1. The van der Waals surface area contributed by atoms with Crippen LogP contribution in [0.15, 0.2) is 33.2 Å². The molecule has 0 aliphatic carbocycles. The summed E-state index contributed by atoms with van der Waals surface area (Å²) < 4.78 is 26.8. The first-order chi connectivity index (χ1) is 8.81. The van der Waals surface area contributed by atoms with Crippen molar-refractivity contribution in [3.8, 4) is 0 Å². The van der Waals surface area contributed by atoms with Crippen molar-refractivity contribution in [2.75, 3.05) is 6.54 Å². The molecule has 0 unspecified atom stereocenters. The molecule has 0 aliphatic rings. The van der Waals surface area contributed by atoms with Gasteiger partial charge in [0.25, 0.3) is 0 Å². The van der Waals surface area contributed by atoms with Crippen LogP contribution < -0.4 is 4.72 Å². The molecule has 0 fully saturated rings. The fraction of sp³-hybridized carbons (Fsp3) is 0.333. The molecule has 0 bridgehead atoms. The average molecular weight is 317 g/mol. The fourth-order valence-electron chi connectivity index (χ4n) is 1.54. The molecule has 2 aromatic heterocycles. The van der Waals surface area contributed by atoms with Gasteiger partial charge in [-0.3, -0.25) is 0 Å². The molecule has 0 aromatic carbocycles. The number of hydrogen-bond donors (Lipinski definition) is 2. The smallest absolute Gasteiger partial charge is 0.250 e. The zero-order chi connectivity index (χ0) is 14.1. The molecule has 0 saturated carbocycles. The summed E-state index contributed by atoms with van der Waals surface area (Å²) in [6.45, 7) is 3.39. The lowest BCUT2D eigenvalue weighted by Gasteiger charge is -2.22. The van der Waals surface area contributed by atoms with Gasteiger partial charge in [-0.25, -0.2) is 13.1 Å². The number of hydrogen-bond acceptors (Lipinski definition) is 5. The first kappa shape index (κ1) is 14.7. The van der Waals surface area contributed by atoms with Crippen LogP contribution in [0.1, 0.15) is 17.4 Å². The number of rotatable bonds is 5. The molecule has 0 radical (unpaired) electrons. The Balaban J connectivity index is 2.10. The maximum absolute atomic E-state index is 12.1. The Bertz CT molecular complexity index is 642. The summed E-state index contributed by atoms with van der Waals surface area (Å²) in [5, 5.41) is 13.9. The molecule has 0 spiro atoms. The molecule has 7 heteroatoms.